The highest BCUT2D eigenvalue weighted by Gasteiger charge is 2.39. The lowest BCUT2D eigenvalue weighted by Crippen LogP contribution is -2.48. The van der Waals surface area contributed by atoms with E-state index < -0.39 is 0 Å². The zero-order valence-corrected chi connectivity index (χ0v) is 19.5. The predicted octanol–water partition coefficient (Wildman–Crippen LogP) is 4.09. The summed E-state index contributed by atoms with van der Waals surface area (Å²) in [5.74, 6) is -0.0610. The number of nitrogens with one attached hydrogen (secondary N) is 2. The zero-order chi connectivity index (χ0) is 22.1. The zero-order valence-electron chi connectivity index (χ0n) is 18.7. The van der Waals surface area contributed by atoms with Crippen LogP contribution in [-0.4, -0.2) is 43.4 Å². The van der Waals surface area contributed by atoms with E-state index in [9.17, 15) is 9.59 Å². The summed E-state index contributed by atoms with van der Waals surface area (Å²) in [5, 5.41) is 8.22. The molecular formula is C25H35N3O2S. The minimum Gasteiger partial charge on any atom is -0.356 e. The summed E-state index contributed by atoms with van der Waals surface area (Å²) in [6.07, 6.45) is 6.36. The van der Waals surface area contributed by atoms with Crippen LogP contribution < -0.4 is 10.6 Å². The van der Waals surface area contributed by atoms with E-state index in [1.165, 1.54) is 10.4 Å². The molecule has 1 aliphatic rings. The molecule has 1 fully saturated rings. The first kappa shape index (κ1) is 23.5. The van der Waals surface area contributed by atoms with Gasteiger partial charge in [0.05, 0.1) is 5.54 Å². The fraction of sp³-hybridized carbons (Fsp3) is 0.520. The van der Waals surface area contributed by atoms with Crippen molar-refractivity contribution in [2.24, 2.45) is 0 Å². The number of hydrogen-bond donors (Lipinski definition) is 2. The van der Waals surface area contributed by atoms with Crippen molar-refractivity contribution in [3.63, 3.8) is 0 Å². The molecular weight excluding hydrogens is 406 g/mol. The third kappa shape index (κ3) is 6.65. The largest absolute Gasteiger partial charge is 0.356 e. The Labute approximate surface area is 190 Å². The van der Waals surface area contributed by atoms with Crippen molar-refractivity contribution < 1.29 is 9.59 Å². The third-order valence-corrected chi connectivity index (χ3v) is 7.46. The number of aryl methyl sites for hydroxylation is 1. The van der Waals surface area contributed by atoms with Gasteiger partial charge in [0.15, 0.2) is 0 Å². The summed E-state index contributed by atoms with van der Waals surface area (Å²) in [6.45, 7) is 0.646. The Balaban J connectivity index is 1.32. The number of hydrogen-bond acceptors (Lipinski definition) is 4. The lowest BCUT2D eigenvalue weighted by molar-refractivity contribution is -0.127. The average Bonchev–Trinajstić information content (AvgIpc) is 3.32. The van der Waals surface area contributed by atoms with Gasteiger partial charge in [0, 0.05) is 30.3 Å². The van der Waals surface area contributed by atoms with E-state index in [-0.39, 0.29) is 36.2 Å². The summed E-state index contributed by atoms with van der Waals surface area (Å²) in [6, 6.07) is 14.8. The smallest absolute Gasteiger partial charge is 0.220 e. The van der Waals surface area contributed by atoms with E-state index in [2.05, 4.69) is 59.3 Å². The molecule has 6 heteroatoms. The van der Waals surface area contributed by atoms with E-state index in [0.717, 1.165) is 38.5 Å². The van der Waals surface area contributed by atoms with Crippen molar-refractivity contribution in [3.8, 4) is 0 Å². The summed E-state index contributed by atoms with van der Waals surface area (Å²) in [5.41, 5.74) is 1.36. The van der Waals surface area contributed by atoms with Crippen molar-refractivity contribution in [1.29, 1.82) is 0 Å². The monoisotopic (exact) mass is 441 g/mol. The minimum atomic E-state index is -0.0452. The number of rotatable bonds is 10. The van der Waals surface area contributed by atoms with Gasteiger partial charge in [0.1, 0.15) is 0 Å². The molecule has 0 spiro atoms. The lowest BCUT2D eigenvalue weighted by atomic mass is 9.77. The second-order valence-electron chi connectivity index (χ2n) is 8.68. The van der Waals surface area contributed by atoms with Gasteiger partial charge in [-0.05, 0) is 69.6 Å². The summed E-state index contributed by atoms with van der Waals surface area (Å²) in [7, 11) is 4.30. The van der Waals surface area contributed by atoms with Crippen molar-refractivity contribution in [1.82, 2.24) is 15.5 Å². The molecule has 2 aromatic rings. The maximum atomic E-state index is 12.4. The van der Waals surface area contributed by atoms with Crippen LogP contribution in [0.25, 0.3) is 0 Å². The Bertz CT molecular complexity index is 813. The molecule has 3 rings (SSSR count). The van der Waals surface area contributed by atoms with Crippen LogP contribution in [0.4, 0.5) is 0 Å². The normalized spacial score (nSPS) is 21.1. The first-order chi connectivity index (χ1) is 15.0. The number of thiophene rings is 1. The molecule has 0 unspecified atom stereocenters. The molecule has 1 aromatic heterocycles. The average molecular weight is 442 g/mol. The Morgan fingerprint density at radius 3 is 2.39 bits per heavy atom. The Morgan fingerprint density at radius 2 is 1.74 bits per heavy atom. The first-order valence-electron chi connectivity index (χ1n) is 11.3. The van der Waals surface area contributed by atoms with Gasteiger partial charge in [0.2, 0.25) is 11.8 Å². The molecule has 0 radical (unpaired) electrons. The second-order valence-corrected chi connectivity index (χ2v) is 9.63. The molecule has 5 nitrogen and oxygen atoms in total. The van der Waals surface area contributed by atoms with Gasteiger partial charge < -0.3 is 10.6 Å². The maximum absolute atomic E-state index is 12.4. The van der Waals surface area contributed by atoms with E-state index in [1.807, 2.05) is 29.5 Å². The molecule has 2 amide bonds. The highest BCUT2D eigenvalue weighted by atomic mass is 32.1. The van der Waals surface area contributed by atoms with Gasteiger partial charge in [0.25, 0.3) is 0 Å². The van der Waals surface area contributed by atoms with Crippen LogP contribution in [0.5, 0.6) is 0 Å². The molecule has 1 aliphatic carbocycles. The summed E-state index contributed by atoms with van der Waals surface area (Å²) < 4.78 is 0. The molecule has 0 bridgehead atoms. The van der Waals surface area contributed by atoms with Crippen molar-refractivity contribution >= 4 is 23.2 Å². The van der Waals surface area contributed by atoms with Gasteiger partial charge >= 0.3 is 0 Å². The van der Waals surface area contributed by atoms with Gasteiger partial charge in [-0.25, -0.2) is 0 Å². The highest BCUT2D eigenvalue weighted by molar-refractivity contribution is 7.10. The van der Waals surface area contributed by atoms with Gasteiger partial charge in [-0.1, -0.05) is 36.4 Å². The number of carbonyl (C=O) groups is 2. The van der Waals surface area contributed by atoms with Crippen molar-refractivity contribution in [2.75, 3.05) is 20.6 Å². The highest BCUT2D eigenvalue weighted by Crippen LogP contribution is 2.42. The fourth-order valence-electron chi connectivity index (χ4n) is 4.48. The molecule has 31 heavy (non-hydrogen) atoms. The molecule has 0 aliphatic heterocycles. The Hall–Kier alpha value is -2.18. The van der Waals surface area contributed by atoms with E-state index in [1.54, 1.807) is 0 Å². The number of benzene rings is 1. The second kappa shape index (κ2) is 11.4. The van der Waals surface area contributed by atoms with Crippen LogP contribution >= 0.6 is 11.3 Å². The molecule has 1 heterocycles. The fourth-order valence-corrected chi connectivity index (χ4v) is 5.54. The number of amides is 2. The maximum Gasteiger partial charge on any atom is 0.220 e. The van der Waals surface area contributed by atoms with Gasteiger partial charge in [-0.2, -0.15) is 0 Å². The summed E-state index contributed by atoms with van der Waals surface area (Å²) >= 11 is 1.82. The molecule has 0 atom stereocenters. The molecule has 168 valence electrons. The van der Waals surface area contributed by atoms with Crippen molar-refractivity contribution in [2.45, 2.75) is 62.9 Å². The van der Waals surface area contributed by atoms with Crippen LogP contribution in [-0.2, 0) is 21.5 Å². The Morgan fingerprint density at radius 1 is 1.03 bits per heavy atom. The standard InChI is InChI=1S/C25H35N3O2S/c1-28(2)25(22-11-7-19-31-22)16-14-21(15-17-25)27-24(30)13-12-23(29)26-18-6-10-20-8-4-3-5-9-20/h3-5,7-9,11,19,21H,6,10,12-18H2,1-2H3,(H,26,29)(H,27,30). The SMILES string of the molecule is CN(C)C1(c2cccs2)CCC(NC(=O)CCC(=O)NCCCc2ccccc2)CC1. The van der Waals surface area contributed by atoms with Crippen LogP contribution in [0, 0.1) is 0 Å². The van der Waals surface area contributed by atoms with Crippen molar-refractivity contribution in [3.05, 3.63) is 58.3 Å². The molecule has 0 saturated heterocycles. The summed E-state index contributed by atoms with van der Waals surface area (Å²) in [4.78, 5) is 28.1. The van der Waals surface area contributed by atoms with E-state index in [0.29, 0.717) is 6.54 Å². The topological polar surface area (TPSA) is 61.4 Å². The quantitative estimate of drug-likeness (QED) is 0.546. The van der Waals surface area contributed by atoms with Crippen LogP contribution in [0.15, 0.2) is 47.8 Å². The van der Waals surface area contributed by atoms with E-state index in [4.69, 9.17) is 0 Å². The minimum absolute atomic E-state index is 0.0158. The first-order valence-corrected chi connectivity index (χ1v) is 12.2. The van der Waals surface area contributed by atoms with Crippen LogP contribution in [0.2, 0.25) is 0 Å². The number of nitrogens with zero attached hydrogens (tertiary/aromatic N) is 1. The van der Waals surface area contributed by atoms with Gasteiger partial charge in [-0.3, -0.25) is 14.5 Å². The van der Waals surface area contributed by atoms with Gasteiger partial charge in [-0.15, -0.1) is 11.3 Å². The molecule has 1 saturated carbocycles. The number of carbonyl (C=O) groups excluding carboxylic acids is 2. The third-order valence-electron chi connectivity index (χ3n) is 6.40. The Kier molecular flexibility index (Phi) is 8.67. The van der Waals surface area contributed by atoms with Crippen LogP contribution in [0.1, 0.15) is 55.4 Å². The van der Waals surface area contributed by atoms with Crippen LogP contribution in [0.3, 0.4) is 0 Å². The molecule has 1 aromatic carbocycles. The predicted molar refractivity (Wildman–Crippen MR) is 127 cm³/mol. The lowest BCUT2D eigenvalue weighted by Gasteiger charge is -2.44. The van der Waals surface area contributed by atoms with E-state index >= 15 is 0 Å². The molecule has 2 N–H and O–H groups in total.